The molecule has 1 amide bonds. The minimum atomic E-state index is 0.0902. The number of rotatable bonds is 3. The lowest BCUT2D eigenvalue weighted by Gasteiger charge is -2.34. The Morgan fingerprint density at radius 2 is 1.79 bits per heavy atom. The van der Waals surface area contributed by atoms with Gasteiger partial charge in [0.15, 0.2) is 0 Å². The van der Waals surface area contributed by atoms with Gasteiger partial charge in [-0.2, -0.15) is 0 Å². The summed E-state index contributed by atoms with van der Waals surface area (Å²) in [5, 5.41) is 6.56. The van der Waals surface area contributed by atoms with Crippen molar-refractivity contribution in [1.29, 1.82) is 0 Å². The summed E-state index contributed by atoms with van der Waals surface area (Å²) in [6, 6.07) is 1.30. The third-order valence-electron chi connectivity index (χ3n) is 2.70. The van der Waals surface area contributed by atoms with Gasteiger partial charge in [-0.05, 0) is 12.8 Å². The fourth-order valence-electron chi connectivity index (χ4n) is 2.19. The predicted molar refractivity (Wildman–Crippen MR) is 58.1 cm³/mol. The number of hydrogen-bond donors (Lipinski definition) is 2. The zero-order valence-corrected chi connectivity index (χ0v) is 9.47. The van der Waals surface area contributed by atoms with Gasteiger partial charge in [0.2, 0.25) is 5.91 Å². The van der Waals surface area contributed by atoms with Crippen LogP contribution in [0.5, 0.6) is 0 Å². The lowest BCUT2D eigenvalue weighted by molar-refractivity contribution is -0.120. The zero-order chi connectivity index (χ0) is 10.6. The second-order valence-corrected chi connectivity index (χ2v) is 4.52. The molecule has 0 bridgehead atoms. The quantitative estimate of drug-likeness (QED) is 0.720. The first-order valence-corrected chi connectivity index (χ1v) is 5.62. The van der Waals surface area contributed by atoms with Gasteiger partial charge in [-0.1, -0.05) is 26.7 Å². The summed E-state index contributed by atoms with van der Waals surface area (Å²) < 4.78 is 0. The van der Waals surface area contributed by atoms with Gasteiger partial charge < -0.3 is 10.6 Å². The molecule has 0 saturated heterocycles. The molecule has 1 aliphatic carbocycles. The van der Waals surface area contributed by atoms with E-state index in [2.05, 4.69) is 24.5 Å². The molecule has 82 valence electrons. The highest BCUT2D eigenvalue weighted by atomic mass is 16.1. The van der Waals surface area contributed by atoms with Crippen molar-refractivity contribution >= 4 is 5.91 Å². The molecule has 3 nitrogen and oxygen atoms in total. The summed E-state index contributed by atoms with van der Waals surface area (Å²) in [6.07, 6.45) is 4.81. The molecule has 0 aromatic rings. The number of carbonyl (C=O) groups is 1. The molecule has 1 saturated carbocycles. The van der Waals surface area contributed by atoms with Crippen molar-refractivity contribution in [2.75, 3.05) is 0 Å². The van der Waals surface area contributed by atoms with E-state index in [0.29, 0.717) is 18.1 Å². The van der Waals surface area contributed by atoms with Gasteiger partial charge in [-0.3, -0.25) is 4.79 Å². The highest BCUT2D eigenvalue weighted by Crippen LogP contribution is 2.18. The van der Waals surface area contributed by atoms with Crippen molar-refractivity contribution < 1.29 is 4.79 Å². The first-order valence-electron chi connectivity index (χ1n) is 5.62. The molecule has 0 spiro atoms. The van der Waals surface area contributed by atoms with E-state index >= 15 is 0 Å². The van der Waals surface area contributed by atoms with Crippen LogP contribution in [0.1, 0.15) is 46.5 Å². The average Bonchev–Trinajstić information content (AvgIpc) is 2.06. The second-order valence-electron chi connectivity index (χ2n) is 4.52. The van der Waals surface area contributed by atoms with Crippen LogP contribution < -0.4 is 10.6 Å². The van der Waals surface area contributed by atoms with E-state index in [9.17, 15) is 4.79 Å². The van der Waals surface area contributed by atoms with E-state index in [4.69, 9.17) is 0 Å². The summed E-state index contributed by atoms with van der Waals surface area (Å²) in [4.78, 5) is 11.0. The summed E-state index contributed by atoms with van der Waals surface area (Å²) >= 11 is 0. The van der Waals surface area contributed by atoms with Gasteiger partial charge in [-0.25, -0.2) is 0 Å². The van der Waals surface area contributed by atoms with Crippen molar-refractivity contribution in [1.82, 2.24) is 10.6 Å². The Morgan fingerprint density at radius 3 is 2.29 bits per heavy atom. The van der Waals surface area contributed by atoms with Crippen LogP contribution in [0.2, 0.25) is 0 Å². The van der Waals surface area contributed by atoms with Crippen LogP contribution in [-0.4, -0.2) is 24.0 Å². The maximum absolute atomic E-state index is 11.0. The molecular formula is C11H22N2O. The molecule has 14 heavy (non-hydrogen) atoms. The van der Waals surface area contributed by atoms with Gasteiger partial charge in [0, 0.05) is 25.0 Å². The van der Waals surface area contributed by atoms with Crippen LogP contribution >= 0.6 is 0 Å². The number of nitrogens with one attached hydrogen (secondary N) is 2. The van der Waals surface area contributed by atoms with Crippen LogP contribution in [0.3, 0.4) is 0 Å². The minimum absolute atomic E-state index is 0.0902. The molecule has 0 aromatic carbocycles. The lowest BCUT2D eigenvalue weighted by atomic mass is 9.90. The van der Waals surface area contributed by atoms with Gasteiger partial charge >= 0.3 is 0 Å². The third kappa shape index (κ3) is 3.66. The van der Waals surface area contributed by atoms with Crippen molar-refractivity contribution in [2.45, 2.75) is 64.6 Å². The molecule has 0 aliphatic heterocycles. The molecule has 1 rings (SSSR count). The highest BCUT2D eigenvalue weighted by molar-refractivity contribution is 5.73. The zero-order valence-electron chi connectivity index (χ0n) is 9.47. The first-order chi connectivity index (χ1) is 6.59. The first kappa shape index (κ1) is 11.5. The van der Waals surface area contributed by atoms with E-state index in [0.717, 1.165) is 6.42 Å². The Morgan fingerprint density at radius 1 is 1.21 bits per heavy atom. The largest absolute Gasteiger partial charge is 0.352 e. The van der Waals surface area contributed by atoms with Gasteiger partial charge in [-0.15, -0.1) is 0 Å². The fraction of sp³-hybridized carbons (Fsp3) is 0.909. The summed E-state index contributed by atoms with van der Waals surface area (Å²) in [7, 11) is 0. The van der Waals surface area contributed by atoms with Crippen molar-refractivity contribution in [3.8, 4) is 0 Å². The van der Waals surface area contributed by atoms with Crippen molar-refractivity contribution in [3.63, 3.8) is 0 Å². The van der Waals surface area contributed by atoms with E-state index in [1.54, 1.807) is 6.92 Å². The Hall–Kier alpha value is -0.570. The molecule has 2 unspecified atom stereocenters. The normalized spacial score (nSPS) is 27.7. The molecule has 0 radical (unpaired) electrons. The van der Waals surface area contributed by atoms with E-state index in [1.807, 2.05) is 0 Å². The number of carbonyl (C=O) groups excluding carboxylic acids is 1. The molecule has 1 fully saturated rings. The monoisotopic (exact) mass is 198 g/mol. The average molecular weight is 198 g/mol. The Bertz CT molecular complexity index is 192. The van der Waals surface area contributed by atoms with E-state index in [1.165, 1.54) is 19.3 Å². The van der Waals surface area contributed by atoms with Gasteiger partial charge in [0.1, 0.15) is 0 Å². The van der Waals surface area contributed by atoms with Crippen LogP contribution in [-0.2, 0) is 4.79 Å². The molecule has 0 heterocycles. The Balaban J connectivity index is 2.45. The smallest absolute Gasteiger partial charge is 0.217 e. The highest BCUT2D eigenvalue weighted by Gasteiger charge is 2.25. The second kappa shape index (κ2) is 5.35. The molecule has 2 atom stereocenters. The third-order valence-corrected chi connectivity index (χ3v) is 2.70. The molecular weight excluding hydrogens is 176 g/mol. The van der Waals surface area contributed by atoms with Gasteiger partial charge in [0.25, 0.3) is 0 Å². The van der Waals surface area contributed by atoms with Crippen LogP contribution in [0.4, 0.5) is 0 Å². The molecule has 1 aliphatic rings. The molecule has 0 aromatic heterocycles. The summed E-state index contributed by atoms with van der Waals surface area (Å²) in [5.74, 6) is 0.0902. The fourth-order valence-corrected chi connectivity index (χ4v) is 2.19. The minimum Gasteiger partial charge on any atom is -0.352 e. The Labute approximate surface area is 86.6 Å². The SMILES string of the molecule is CC(=O)NC1CCCCC1NC(C)C. The maximum Gasteiger partial charge on any atom is 0.217 e. The number of hydrogen-bond acceptors (Lipinski definition) is 2. The standard InChI is InChI=1S/C11H22N2O/c1-8(2)12-10-6-4-5-7-11(10)13-9(3)14/h8,10-12H,4-7H2,1-3H3,(H,13,14). The summed E-state index contributed by atoms with van der Waals surface area (Å²) in [5.41, 5.74) is 0. The van der Waals surface area contributed by atoms with Crippen LogP contribution in [0.25, 0.3) is 0 Å². The maximum atomic E-state index is 11.0. The van der Waals surface area contributed by atoms with Crippen LogP contribution in [0.15, 0.2) is 0 Å². The van der Waals surface area contributed by atoms with Crippen molar-refractivity contribution in [2.24, 2.45) is 0 Å². The van der Waals surface area contributed by atoms with E-state index < -0.39 is 0 Å². The van der Waals surface area contributed by atoms with E-state index in [-0.39, 0.29) is 5.91 Å². The topological polar surface area (TPSA) is 41.1 Å². The van der Waals surface area contributed by atoms with Crippen LogP contribution in [0, 0.1) is 0 Å². The summed E-state index contributed by atoms with van der Waals surface area (Å²) in [6.45, 7) is 5.90. The Kier molecular flexibility index (Phi) is 4.39. The number of amides is 1. The predicted octanol–water partition coefficient (Wildman–Crippen LogP) is 1.43. The molecule has 2 N–H and O–H groups in total. The molecule has 3 heteroatoms. The van der Waals surface area contributed by atoms with Gasteiger partial charge in [0.05, 0.1) is 0 Å². The lowest BCUT2D eigenvalue weighted by Crippen LogP contribution is -2.52. The van der Waals surface area contributed by atoms with Crippen molar-refractivity contribution in [3.05, 3.63) is 0 Å².